The summed E-state index contributed by atoms with van der Waals surface area (Å²) in [6.45, 7) is 2.16. The molecule has 0 aliphatic heterocycles. The summed E-state index contributed by atoms with van der Waals surface area (Å²) in [5.41, 5.74) is 1.28. The lowest BCUT2D eigenvalue weighted by atomic mass is 9.79. The molecule has 2 aromatic rings. The first-order valence-electron chi connectivity index (χ1n) is 5.50. The molecule has 1 aromatic heterocycles. The number of aromatic nitrogens is 3. The molecule has 94 valence electrons. The van der Waals surface area contributed by atoms with Gasteiger partial charge in [-0.15, -0.1) is 0 Å². The molecule has 0 aliphatic carbocycles. The van der Waals surface area contributed by atoms with Crippen LogP contribution < -0.4 is 10.2 Å². The monoisotopic (exact) mass is 247 g/mol. The lowest BCUT2D eigenvalue weighted by Crippen LogP contribution is -2.29. The number of aryl methyl sites for hydroxylation is 2. The highest BCUT2D eigenvalue weighted by molar-refractivity contribution is 6.58. The molecule has 0 radical (unpaired) electrons. The molecule has 2 rings (SSSR count). The Morgan fingerprint density at radius 2 is 2.17 bits per heavy atom. The maximum atomic E-state index is 9.05. The van der Waals surface area contributed by atoms with Gasteiger partial charge in [0, 0.05) is 7.05 Å². The lowest BCUT2D eigenvalue weighted by Gasteiger charge is -2.10. The highest BCUT2D eigenvalue weighted by Crippen LogP contribution is 2.16. The molecule has 0 spiro atoms. The van der Waals surface area contributed by atoms with Crippen molar-refractivity contribution < 1.29 is 14.8 Å². The van der Waals surface area contributed by atoms with Crippen molar-refractivity contribution in [2.24, 2.45) is 7.05 Å². The van der Waals surface area contributed by atoms with Crippen molar-refractivity contribution in [3.05, 3.63) is 35.9 Å². The molecule has 0 bridgehead atoms. The maximum Gasteiger partial charge on any atom is 0.488 e. The SMILES string of the molecule is Cc1cc(B(O)O)ccc1OCc1ncnn1C. The molecule has 0 fully saturated rings. The van der Waals surface area contributed by atoms with E-state index in [1.165, 1.54) is 6.33 Å². The van der Waals surface area contributed by atoms with Gasteiger partial charge in [0.05, 0.1) is 0 Å². The predicted octanol–water partition coefficient (Wildman–Crippen LogP) is -0.618. The fourth-order valence-electron chi connectivity index (χ4n) is 1.59. The molecule has 0 unspecified atom stereocenters. The number of nitrogens with zero attached hydrogens (tertiary/aromatic N) is 3. The average molecular weight is 247 g/mol. The molecular weight excluding hydrogens is 233 g/mol. The summed E-state index contributed by atoms with van der Waals surface area (Å²) in [6, 6.07) is 5.00. The Hall–Kier alpha value is -1.86. The zero-order chi connectivity index (χ0) is 13.1. The van der Waals surface area contributed by atoms with Crippen molar-refractivity contribution in [2.75, 3.05) is 0 Å². The fraction of sp³-hybridized carbons (Fsp3) is 0.273. The second kappa shape index (κ2) is 5.20. The van der Waals surface area contributed by atoms with Gasteiger partial charge >= 0.3 is 7.12 Å². The quantitative estimate of drug-likeness (QED) is 0.704. The molecular formula is C11H14BN3O3. The summed E-state index contributed by atoms with van der Waals surface area (Å²) in [5.74, 6) is 1.41. The first kappa shape index (κ1) is 12.6. The van der Waals surface area contributed by atoms with Crippen LogP contribution in [0.3, 0.4) is 0 Å². The molecule has 0 amide bonds. The van der Waals surface area contributed by atoms with E-state index in [0.29, 0.717) is 17.8 Å². The van der Waals surface area contributed by atoms with Gasteiger partial charge in [-0.3, -0.25) is 4.68 Å². The van der Waals surface area contributed by atoms with Crippen LogP contribution in [0, 0.1) is 6.92 Å². The smallest absolute Gasteiger partial charge is 0.485 e. The van der Waals surface area contributed by atoms with Gasteiger partial charge < -0.3 is 14.8 Å². The summed E-state index contributed by atoms with van der Waals surface area (Å²) in [4.78, 5) is 4.05. The number of ether oxygens (including phenoxy) is 1. The van der Waals surface area contributed by atoms with Gasteiger partial charge in [-0.2, -0.15) is 5.10 Å². The fourth-order valence-corrected chi connectivity index (χ4v) is 1.59. The minimum Gasteiger partial charge on any atom is -0.485 e. The first-order valence-corrected chi connectivity index (χ1v) is 5.50. The zero-order valence-corrected chi connectivity index (χ0v) is 10.2. The van der Waals surface area contributed by atoms with Crippen LogP contribution in [0.1, 0.15) is 11.4 Å². The van der Waals surface area contributed by atoms with Crippen molar-refractivity contribution in [2.45, 2.75) is 13.5 Å². The summed E-state index contributed by atoms with van der Waals surface area (Å²) < 4.78 is 7.25. The van der Waals surface area contributed by atoms with Crippen LogP contribution in [0.5, 0.6) is 5.75 Å². The minimum absolute atomic E-state index is 0.318. The van der Waals surface area contributed by atoms with E-state index in [0.717, 1.165) is 11.4 Å². The highest BCUT2D eigenvalue weighted by atomic mass is 16.5. The second-order valence-corrected chi connectivity index (χ2v) is 3.99. The van der Waals surface area contributed by atoms with E-state index in [1.54, 1.807) is 29.9 Å². The second-order valence-electron chi connectivity index (χ2n) is 3.99. The van der Waals surface area contributed by atoms with E-state index in [4.69, 9.17) is 14.8 Å². The number of hydrogen-bond acceptors (Lipinski definition) is 5. The molecule has 0 atom stereocenters. The third-order valence-electron chi connectivity index (χ3n) is 2.66. The van der Waals surface area contributed by atoms with Crippen molar-refractivity contribution >= 4 is 12.6 Å². The maximum absolute atomic E-state index is 9.05. The van der Waals surface area contributed by atoms with Crippen LogP contribution in [0.4, 0.5) is 0 Å². The van der Waals surface area contributed by atoms with Crippen molar-refractivity contribution in [3.63, 3.8) is 0 Å². The topological polar surface area (TPSA) is 80.4 Å². The van der Waals surface area contributed by atoms with Gasteiger partial charge in [-0.05, 0) is 24.0 Å². The van der Waals surface area contributed by atoms with Crippen molar-refractivity contribution in [1.82, 2.24) is 14.8 Å². The van der Waals surface area contributed by atoms with Crippen LogP contribution in [-0.4, -0.2) is 31.9 Å². The Morgan fingerprint density at radius 1 is 1.39 bits per heavy atom. The first-order chi connectivity index (χ1) is 8.58. The Bertz CT molecular complexity index is 542. The van der Waals surface area contributed by atoms with Crippen LogP contribution in [0.2, 0.25) is 0 Å². The van der Waals surface area contributed by atoms with Gasteiger partial charge in [-0.1, -0.05) is 12.1 Å². The van der Waals surface area contributed by atoms with Gasteiger partial charge in [0.1, 0.15) is 18.7 Å². The summed E-state index contributed by atoms with van der Waals surface area (Å²) >= 11 is 0. The predicted molar refractivity (Wildman–Crippen MR) is 66.3 cm³/mol. The van der Waals surface area contributed by atoms with Gasteiger partial charge in [0.25, 0.3) is 0 Å². The van der Waals surface area contributed by atoms with Crippen molar-refractivity contribution in [1.29, 1.82) is 0 Å². The standard InChI is InChI=1S/C11H14BN3O3/c1-8-5-9(12(16)17)3-4-10(8)18-6-11-13-7-14-15(11)2/h3-5,7,16-17H,6H2,1-2H3. The third-order valence-corrected chi connectivity index (χ3v) is 2.66. The van der Waals surface area contributed by atoms with E-state index in [-0.39, 0.29) is 0 Å². The Morgan fingerprint density at radius 3 is 2.72 bits per heavy atom. The molecule has 1 aromatic carbocycles. The number of hydrogen-bond donors (Lipinski definition) is 2. The third kappa shape index (κ3) is 2.69. The Kier molecular flexibility index (Phi) is 3.64. The molecule has 2 N–H and O–H groups in total. The van der Waals surface area contributed by atoms with Crippen LogP contribution in [0.25, 0.3) is 0 Å². The molecule has 0 aliphatic rings. The molecule has 0 saturated carbocycles. The molecule has 6 nitrogen and oxygen atoms in total. The summed E-state index contributed by atoms with van der Waals surface area (Å²) in [5, 5.41) is 22.0. The van der Waals surface area contributed by atoms with E-state index in [1.807, 2.05) is 6.92 Å². The van der Waals surface area contributed by atoms with E-state index >= 15 is 0 Å². The molecule has 7 heteroatoms. The number of benzene rings is 1. The summed E-state index contributed by atoms with van der Waals surface area (Å²) in [7, 11) is 0.334. The largest absolute Gasteiger partial charge is 0.488 e. The molecule has 1 heterocycles. The minimum atomic E-state index is -1.46. The Labute approximate surface area is 105 Å². The number of rotatable bonds is 4. The normalized spacial score (nSPS) is 10.4. The van der Waals surface area contributed by atoms with Gasteiger partial charge in [-0.25, -0.2) is 4.98 Å². The average Bonchev–Trinajstić information content (AvgIpc) is 2.73. The summed E-state index contributed by atoms with van der Waals surface area (Å²) in [6.07, 6.45) is 1.47. The molecule has 0 saturated heterocycles. The molecule has 18 heavy (non-hydrogen) atoms. The van der Waals surface area contributed by atoms with Crippen LogP contribution >= 0.6 is 0 Å². The highest BCUT2D eigenvalue weighted by Gasteiger charge is 2.12. The van der Waals surface area contributed by atoms with Crippen molar-refractivity contribution in [3.8, 4) is 5.75 Å². The Balaban J connectivity index is 2.08. The van der Waals surface area contributed by atoms with E-state index in [2.05, 4.69) is 10.1 Å². The van der Waals surface area contributed by atoms with Gasteiger partial charge in [0.2, 0.25) is 0 Å². The van der Waals surface area contributed by atoms with E-state index in [9.17, 15) is 0 Å². The lowest BCUT2D eigenvalue weighted by molar-refractivity contribution is 0.288. The van der Waals surface area contributed by atoms with Gasteiger partial charge in [0.15, 0.2) is 5.82 Å². The zero-order valence-electron chi connectivity index (χ0n) is 10.2. The van der Waals surface area contributed by atoms with E-state index < -0.39 is 7.12 Å². The van der Waals surface area contributed by atoms with Crippen LogP contribution in [0.15, 0.2) is 24.5 Å². The van der Waals surface area contributed by atoms with Crippen LogP contribution in [-0.2, 0) is 13.7 Å².